The zero-order valence-corrected chi connectivity index (χ0v) is 22.2. The normalized spacial score (nSPS) is 13.5. The molecule has 4 aromatic rings. The fourth-order valence-corrected chi connectivity index (χ4v) is 4.78. The summed E-state index contributed by atoms with van der Waals surface area (Å²) in [5, 5.41) is 6.33. The van der Waals surface area contributed by atoms with Crippen molar-refractivity contribution in [2.75, 3.05) is 38.4 Å². The monoisotopic (exact) mass is 523 g/mol. The molecule has 5 rings (SSSR count). The van der Waals surface area contributed by atoms with Crippen molar-refractivity contribution in [3.63, 3.8) is 0 Å². The SMILES string of the molecule is COc1cccc(-c2cc(C(=O)Nc3ccc(-c4ccc(OC5CCNCC5)cc4N)cc3)ccc2OC)c1. The molecule has 0 saturated carbocycles. The van der Waals surface area contributed by atoms with E-state index in [9.17, 15) is 4.79 Å². The first-order chi connectivity index (χ1) is 19.0. The molecule has 0 aromatic heterocycles. The van der Waals surface area contributed by atoms with Gasteiger partial charge >= 0.3 is 0 Å². The van der Waals surface area contributed by atoms with E-state index in [1.807, 2.05) is 72.8 Å². The maximum absolute atomic E-state index is 13.1. The second-order valence-corrected chi connectivity index (χ2v) is 9.49. The Morgan fingerprint density at radius 2 is 1.62 bits per heavy atom. The van der Waals surface area contributed by atoms with Crippen molar-refractivity contribution in [3.8, 4) is 39.5 Å². The van der Waals surface area contributed by atoms with Crippen LogP contribution in [0.4, 0.5) is 11.4 Å². The lowest BCUT2D eigenvalue weighted by molar-refractivity contribution is 0.102. The maximum atomic E-state index is 13.1. The molecule has 39 heavy (non-hydrogen) atoms. The molecule has 1 amide bonds. The molecule has 1 aliphatic rings. The summed E-state index contributed by atoms with van der Waals surface area (Å²) in [6, 6.07) is 26.5. The summed E-state index contributed by atoms with van der Waals surface area (Å²) in [5.74, 6) is 1.98. The van der Waals surface area contributed by atoms with E-state index in [-0.39, 0.29) is 12.0 Å². The van der Waals surface area contributed by atoms with Gasteiger partial charge in [-0.25, -0.2) is 0 Å². The maximum Gasteiger partial charge on any atom is 0.255 e. The van der Waals surface area contributed by atoms with E-state index in [0.29, 0.717) is 22.7 Å². The summed E-state index contributed by atoms with van der Waals surface area (Å²) >= 11 is 0. The number of nitrogens with two attached hydrogens (primary N) is 1. The smallest absolute Gasteiger partial charge is 0.255 e. The van der Waals surface area contributed by atoms with Crippen LogP contribution in [-0.4, -0.2) is 39.3 Å². The first-order valence-corrected chi connectivity index (χ1v) is 13.0. The lowest BCUT2D eigenvalue weighted by Crippen LogP contribution is -2.34. The van der Waals surface area contributed by atoms with E-state index in [4.69, 9.17) is 19.9 Å². The average Bonchev–Trinajstić information content (AvgIpc) is 2.98. The molecule has 0 spiro atoms. The Morgan fingerprint density at radius 1 is 0.821 bits per heavy atom. The van der Waals surface area contributed by atoms with Crippen LogP contribution in [0.1, 0.15) is 23.2 Å². The van der Waals surface area contributed by atoms with Crippen molar-refractivity contribution in [2.24, 2.45) is 0 Å². The van der Waals surface area contributed by atoms with Gasteiger partial charge in [0.25, 0.3) is 5.91 Å². The number of carbonyl (C=O) groups is 1. The molecule has 4 aromatic carbocycles. The van der Waals surface area contributed by atoms with Gasteiger partial charge in [0.05, 0.1) is 14.2 Å². The minimum Gasteiger partial charge on any atom is -0.497 e. The van der Waals surface area contributed by atoms with Crippen LogP contribution in [0, 0.1) is 0 Å². The standard InChI is InChI=1S/C32H33N3O4/c1-37-26-5-3-4-22(18-26)29-19-23(8-13-31(29)38-2)32(36)35-24-9-6-21(7-10-24)28-12-11-27(20-30(28)33)39-25-14-16-34-17-15-25/h3-13,18-20,25,34H,14-17,33H2,1-2H3,(H,35,36). The van der Waals surface area contributed by atoms with E-state index in [1.165, 1.54) is 0 Å². The fourth-order valence-electron chi connectivity index (χ4n) is 4.78. The molecule has 7 nitrogen and oxygen atoms in total. The van der Waals surface area contributed by atoms with Crippen LogP contribution in [-0.2, 0) is 0 Å². The molecule has 0 bridgehead atoms. The molecule has 0 aliphatic carbocycles. The first-order valence-electron chi connectivity index (χ1n) is 13.0. The predicted molar refractivity (Wildman–Crippen MR) is 156 cm³/mol. The fraction of sp³-hybridized carbons (Fsp3) is 0.219. The Morgan fingerprint density at radius 3 is 2.33 bits per heavy atom. The largest absolute Gasteiger partial charge is 0.497 e. The van der Waals surface area contributed by atoms with Crippen molar-refractivity contribution in [3.05, 3.63) is 90.5 Å². The van der Waals surface area contributed by atoms with Gasteiger partial charge in [0, 0.05) is 34.1 Å². The number of hydrogen-bond donors (Lipinski definition) is 3. The molecule has 1 heterocycles. The Balaban J connectivity index is 1.29. The second kappa shape index (κ2) is 11.9. The number of ether oxygens (including phenoxy) is 3. The quantitative estimate of drug-likeness (QED) is 0.245. The van der Waals surface area contributed by atoms with Gasteiger partial charge in [-0.2, -0.15) is 0 Å². The van der Waals surface area contributed by atoms with E-state index in [0.717, 1.165) is 59.7 Å². The highest BCUT2D eigenvalue weighted by atomic mass is 16.5. The summed E-state index contributed by atoms with van der Waals surface area (Å²) in [6.07, 6.45) is 2.21. The molecule has 200 valence electrons. The summed E-state index contributed by atoms with van der Waals surface area (Å²) in [4.78, 5) is 13.1. The molecule has 7 heteroatoms. The first kappa shape index (κ1) is 26.1. The number of nitrogen functional groups attached to an aromatic ring is 1. The number of piperidine rings is 1. The van der Waals surface area contributed by atoms with Crippen molar-refractivity contribution in [1.82, 2.24) is 5.32 Å². The van der Waals surface area contributed by atoms with Gasteiger partial charge in [-0.15, -0.1) is 0 Å². The molecule has 0 unspecified atom stereocenters. The number of rotatable bonds is 8. The van der Waals surface area contributed by atoms with Crippen LogP contribution in [0.5, 0.6) is 17.2 Å². The van der Waals surface area contributed by atoms with Gasteiger partial charge in [0.1, 0.15) is 23.4 Å². The number of hydrogen-bond acceptors (Lipinski definition) is 6. The van der Waals surface area contributed by atoms with E-state index >= 15 is 0 Å². The Bertz CT molecular complexity index is 1450. The molecule has 0 atom stereocenters. The Kier molecular flexibility index (Phi) is 7.99. The number of carbonyl (C=O) groups excluding carboxylic acids is 1. The molecule has 4 N–H and O–H groups in total. The van der Waals surface area contributed by atoms with Crippen LogP contribution in [0.3, 0.4) is 0 Å². The van der Waals surface area contributed by atoms with E-state index in [2.05, 4.69) is 10.6 Å². The minimum absolute atomic E-state index is 0.214. The predicted octanol–water partition coefficient (Wildman–Crippen LogP) is 6.00. The molecular formula is C32H33N3O4. The van der Waals surface area contributed by atoms with Crippen molar-refractivity contribution >= 4 is 17.3 Å². The summed E-state index contributed by atoms with van der Waals surface area (Å²) in [5.41, 5.74) is 11.8. The molecule has 0 radical (unpaired) electrons. The lowest BCUT2D eigenvalue weighted by Gasteiger charge is -2.24. The number of amides is 1. The Hall–Kier alpha value is -4.49. The van der Waals surface area contributed by atoms with E-state index in [1.54, 1.807) is 26.4 Å². The number of methoxy groups -OCH3 is 2. The summed E-state index contributed by atoms with van der Waals surface area (Å²) in [7, 11) is 3.24. The molecule has 1 fully saturated rings. The molecule has 1 saturated heterocycles. The van der Waals surface area contributed by atoms with Gasteiger partial charge in [0.15, 0.2) is 0 Å². The van der Waals surface area contributed by atoms with Gasteiger partial charge in [0.2, 0.25) is 0 Å². The zero-order chi connectivity index (χ0) is 27.2. The minimum atomic E-state index is -0.214. The van der Waals surface area contributed by atoms with Crippen LogP contribution in [0.15, 0.2) is 84.9 Å². The van der Waals surface area contributed by atoms with Crippen LogP contribution in [0.25, 0.3) is 22.3 Å². The summed E-state index contributed by atoms with van der Waals surface area (Å²) in [6.45, 7) is 1.95. The second-order valence-electron chi connectivity index (χ2n) is 9.49. The Labute approximate surface area is 228 Å². The third-order valence-electron chi connectivity index (χ3n) is 6.91. The van der Waals surface area contributed by atoms with Crippen molar-refractivity contribution in [1.29, 1.82) is 0 Å². The number of anilines is 2. The van der Waals surface area contributed by atoms with Gasteiger partial charge in [-0.1, -0.05) is 24.3 Å². The molecule has 1 aliphatic heterocycles. The van der Waals surface area contributed by atoms with Gasteiger partial charge in [-0.05, 0) is 91.7 Å². The molecular weight excluding hydrogens is 490 g/mol. The average molecular weight is 524 g/mol. The lowest BCUT2D eigenvalue weighted by atomic mass is 10.0. The van der Waals surface area contributed by atoms with E-state index < -0.39 is 0 Å². The highest BCUT2D eigenvalue weighted by Crippen LogP contribution is 2.34. The topological polar surface area (TPSA) is 94.8 Å². The van der Waals surface area contributed by atoms with Crippen LogP contribution >= 0.6 is 0 Å². The summed E-state index contributed by atoms with van der Waals surface area (Å²) < 4.78 is 17.0. The van der Waals surface area contributed by atoms with Gasteiger partial charge < -0.3 is 30.6 Å². The number of benzene rings is 4. The van der Waals surface area contributed by atoms with Crippen LogP contribution in [0.2, 0.25) is 0 Å². The van der Waals surface area contributed by atoms with Crippen LogP contribution < -0.4 is 30.6 Å². The highest BCUT2D eigenvalue weighted by Gasteiger charge is 2.16. The number of nitrogens with one attached hydrogen (secondary N) is 2. The van der Waals surface area contributed by atoms with Crippen molar-refractivity contribution < 1.29 is 19.0 Å². The third kappa shape index (κ3) is 6.16. The third-order valence-corrected chi connectivity index (χ3v) is 6.91. The van der Waals surface area contributed by atoms with Crippen molar-refractivity contribution in [2.45, 2.75) is 18.9 Å². The highest BCUT2D eigenvalue weighted by molar-refractivity contribution is 6.05. The van der Waals surface area contributed by atoms with Gasteiger partial charge in [-0.3, -0.25) is 4.79 Å². The zero-order valence-electron chi connectivity index (χ0n) is 22.2.